The van der Waals surface area contributed by atoms with Crippen LogP contribution in [0.5, 0.6) is 5.75 Å². The summed E-state index contributed by atoms with van der Waals surface area (Å²) in [5.41, 5.74) is 1.40. The van der Waals surface area contributed by atoms with E-state index in [-0.39, 0.29) is 22.4 Å². The van der Waals surface area contributed by atoms with Gasteiger partial charge in [-0.25, -0.2) is 0 Å². The van der Waals surface area contributed by atoms with Crippen LogP contribution in [0.1, 0.15) is 11.3 Å². The fraction of sp³-hybridized carbons (Fsp3) is 0.0769. The van der Waals surface area contributed by atoms with Gasteiger partial charge in [0, 0.05) is 11.6 Å². The second-order valence-corrected chi connectivity index (χ2v) is 8.67. The van der Waals surface area contributed by atoms with Gasteiger partial charge in [-0.1, -0.05) is 42.5 Å². The average Bonchev–Trinajstić information content (AvgIpc) is 3.39. The summed E-state index contributed by atoms with van der Waals surface area (Å²) >= 11 is 0.829. The Balaban J connectivity index is 1.33. The predicted octanol–water partition coefficient (Wildman–Crippen LogP) is 7.23. The first-order valence-corrected chi connectivity index (χ1v) is 11.3. The Labute approximate surface area is 201 Å². The summed E-state index contributed by atoms with van der Waals surface area (Å²) in [4.78, 5) is 27.0. The molecule has 0 bridgehead atoms. The number of amides is 2. The van der Waals surface area contributed by atoms with Crippen molar-refractivity contribution in [1.82, 2.24) is 4.90 Å². The molecule has 9 heteroatoms. The van der Waals surface area contributed by atoms with Gasteiger partial charge in [0.1, 0.15) is 17.3 Å². The first kappa shape index (κ1) is 22.8. The molecular formula is C26H16F3NO4S. The molecule has 0 saturated carbocycles. The van der Waals surface area contributed by atoms with Crippen LogP contribution in [0.3, 0.4) is 0 Å². The molecule has 0 aliphatic carbocycles. The number of imide groups is 1. The zero-order valence-corrected chi connectivity index (χ0v) is 18.7. The van der Waals surface area contributed by atoms with Crippen LogP contribution in [0, 0.1) is 0 Å². The average molecular weight is 495 g/mol. The maximum absolute atomic E-state index is 13.0. The number of hydrogen-bond acceptors (Lipinski definition) is 5. The van der Waals surface area contributed by atoms with Crippen molar-refractivity contribution in [1.29, 1.82) is 0 Å². The summed E-state index contributed by atoms with van der Waals surface area (Å²) in [6, 6.07) is 22.0. The summed E-state index contributed by atoms with van der Waals surface area (Å²) in [6.07, 6.45) is -3.28. The highest BCUT2D eigenvalue weighted by Gasteiger charge is 2.35. The fourth-order valence-corrected chi connectivity index (χ4v) is 4.59. The van der Waals surface area contributed by atoms with Gasteiger partial charge in [-0.3, -0.25) is 14.5 Å². The summed E-state index contributed by atoms with van der Waals surface area (Å²) < 4.78 is 46.6. The maximum atomic E-state index is 13.0. The lowest BCUT2D eigenvalue weighted by Gasteiger charge is -2.14. The minimum Gasteiger partial charge on any atom is -0.457 e. The Kier molecular flexibility index (Phi) is 5.86. The molecule has 0 atom stereocenters. The lowest BCUT2D eigenvalue weighted by Crippen LogP contribution is -2.27. The molecule has 1 aliphatic heterocycles. The number of ether oxygens (including phenoxy) is 1. The molecular weight excluding hydrogens is 479 g/mol. The molecule has 0 radical (unpaired) electrons. The third-order valence-corrected chi connectivity index (χ3v) is 6.26. The number of halogens is 3. The lowest BCUT2D eigenvalue weighted by atomic mass is 10.0. The van der Waals surface area contributed by atoms with Crippen LogP contribution in [0.4, 0.5) is 18.0 Å². The maximum Gasteiger partial charge on any atom is 0.573 e. The third-order valence-electron chi connectivity index (χ3n) is 5.35. The molecule has 0 N–H and O–H groups in total. The molecule has 2 heterocycles. The smallest absolute Gasteiger partial charge is 0.457 e. The highest BCUT2D eigenvalue weighted by Crippen LogP contribution is 2.35. The number of thioether (sulfide) groups is 1. The lowest BCUT2D eigenvalue weighted by molar-refractivity contribution is -0.274. The van der Waals surface area contributed by atoms with Crippen molar-refractivity contribution in [2.24, 2.45) is 0 Å². The quantitative estimate of drug-likeness (QED) is 0.273. The summed E-state index contributed by atoms with van der Waals surface area (Å²) in [6.45, 7) is 0.152. The van der Waals surface area contributed by atoms with E-state index in [1.165, 1.54) is 35.2 Å². The second-order valence-electron chi connectivity index (χ2n) is 7.68. The standard InChI is InChI=1S/C26H16F3NO4S/c27-26(28,29)34-19-10-8-17(9-11-19)22-13-12-20(33-22)14-23-24(31)30(25(32)35-23)15-18-6-3-5-16-4-1-2-7-21(16)18/h1-14H,15H2/b23-14-. The van der Waals surface area contributed by atoms with Crippen LogP contribution in [0.15, 0.2) is 88.2 Å². The normalized spacial score (nSPS) is 15.4. The number of carbonyl (C=O) groups excluding carboxylic acids is 2. The zero-order chi connectivity index (χ0) is 24.6. The largest absolute Gasteiger partial charge is 0.573 e. The van der Waals surface area contributed by atoms with Crippen LogP contribution in [-0.4, -0.2) is 22.4 Å². The van der Waals surface area contributed by atoms with Gasteiger partial charge in [0.2, 0.25) is 0 Å². The molecule has 4 aromatic rings. The minimum absolute atomic E-state index is 0.152. The first-order valence-electron chi connectivity index (χ1n) is 10.4. The summed E-state index contributed by atoms with van der Waals surface area (Å²) in [5, 5.41) is 1.62. The van der Waals surface area contributed by atoms with Crippen molar-refractivity contribution < 1.29 is 31.9 Å². The Hall–Kier alpha value is -3.98. The zero-order valence-electron chi connectivity index (χ0n) is 17.9. The van der Waals surface area contributed by atoms with Crippen LogP contribution in [0.25, 0.3) is 28.2 Å². The van der Waals surface area contributed by atoms with E-state index >= 15 is 0 Å². The monoisotopic (exact) mass is 495 g/mol. The van der Waals surface area contributed by atoms with Gasteiger partial charge in [0.25, 0.3) is 11.1 Å². The Bertz CT molecular complexity index is 1450. The Morgan fingerprint density at radius 1 is 0.914 bits per heavy atom. The van der Waals surface area contributed by atoms with E-state index in [1.807, 2.05) is 42.5 Å². The Morgan fingerprint density at radius 3 is 2.43 bits per heavy atom. The van der Waals surface area contributed by atoms with Crippen molar-refractivity contribution in [3.8, 4) is 17.1 Å². The number of carbonyl (C=O) groups is 2. The molecule has 5 nitrogen and oxygen atoms in total. The number of furan rings is 1. The number of alkyl halides is 3. The number of rotatable bonds is 5. The van der Waals surface area contributed by atoms with Crippen LogP contribution in [0.2, 0.25) is 0 Å². The van der Waals surface area contributed by atoms with E-state index in [9.17, 15) is 22.8 Å². The van der Waals surface area contributed by atoms with E-state index in [0.717, 1.165) is 28.1 Å². The molecule has 1 aromatic heterocycles. The van der Waals surface area contributed by atoms with Gasteiger partial charge < -0.3 is 9.15 Å². The number of fused-ring (bicyclic) bond motifs is 1. The van der Waals surface area contributed by atoms with Crippen molar-refractivity contribution in [2.45, 2.75) is 12.9 Å². The molecule has 176 valence electrons. The highest BCUT2D eigenvalue weighted by molar-refractivity contribution is 8.18. The second kappa shape index (κ2) is 8.99. The van der Waals surface area contributed by atoms with E-state index in [4.69, 9.17) is 4.42 Å². The molecule has 0 spiro atoms. The van der Waals surface area contributed by atoms with E-state index in [1.54, 1.807) is 12.1 Å². The van der Waals surface area contributed by atoms with E-state index in [2.05, 4.69) is 4.74 Å². The van der Waals surface area contributed by atoms with Crippen molar-refractivity contribution in [2.75, 3.05) is 0 Å². The van der Waals surface area contributed by atoms with Gasteiger partial charge in [-0.15, -0.1) is 13.2 Å². The number of benzene rings is 3. The van der Waals surface area contributed by atoms with Gasteiger partial charge in [0.15, 0.2) is 0 Å². The fourth-order valence-electron chi connectivity index (χ4n) is 3.77. The van der Waals surface area contributed by atoms with Gasteiger partial charge in [0.05, 0.1) is 11.4 Å². The molecule has 1 aliphatic rings. The number of nitrogens with zero attached hydrogens (tertiary/aromatic N) is 1. The minimum atomic E-state index is -4.77. The third kappa shape index (κ3) is 4.95. The van der Waals surface area contributed by atoms with Gasteiger partial charge in [-0.05, 0) is 64.5 Å². The molecule has 35 heavy (non-hydrogen) atoms. The predicted molar refractivity (Wildman–Crippen MR) is 126 cm³/mol. The van der Waals surface area contributed by atoms with Gasteiger partial charge in [-0.2, -0.15) is 0 Å². The van der Waals surface area contributed by atoms with E-state index < -0.39 is 12.3 Å². The number of hydrogen-bond donors (Lipinski definition) is 0. The van der Waals surface area contributed by atoms with Crippen LogP contribution in [-0.2, 0) is 11.3 Å². The summed E-state index contributed by atoms with van der Waals surface area (Å²) in [5.74, 6) is -0.0245. The highest BCUT2D eigenvalue weighted by atomic mass is 32.2. The molecule has 5 rings (SSSR count). The Morgan fingerprint density at radius 2 is 1.66 bits per heavy atom. The SMILES string of the molecule is O=C1S/C(=C\c2ccc(-c3ccc(OC(F)(F)F)cc3)o2)C(=O)N1Cc1cccc2ccccc12. The molecule has 0 unspecified atom stereocenters. The molecule has 1 saturated heterocycles. The van der Waals surface area contributed by atoms with Crippen molar-refractivity contribution in [3.63, 3.8) is 0 Å². The van der Waals surface area contributed by atoms with Gasteiger partial charge >= 0.3 is 6.36 Å². The van der Waals surface area contributed by atoms with Crippen LogP contribution < -0.4 is 4.74 Å². The molecule has 2 amide bonds. The molecule has 3 aromatic carbocycles. The van der Waals surface area contributed by atoms with Crippen LogP contribution >= 0.6 is 11.8 Å². The first-order chi connectivity index (χ1) is 16.8. The topological polar surface area (TPSA) is 59.8 Å². The van der Waals surface area contributed by atoms with E-state index in [0.29, 0.717) is 17.1 Å². The molecule has 1 fully saturated rings. The summed E-state index contributed by atoms with van der Waals surface area (Å²) in [7, 11) is 0. The van der Waals surface area contributed by atoms with Crippen molar-refractivity contribution >= 4 is 39.8 Å². The van der Waals surface area contributed by atoms with Crippen molar-refractivity contribution in [3.05, 3.63) is 95.1 Å².